The van der Waals surface area contributed by atoms with Gasteiger partial charge in [0.1, 0.15) is 0 Å². The van der Waals surface area contributed by atoms with Gasteiger partial charge in [-0.2, -0.15) is 13.2 Å². The molecule has 19 heavy (non-hydrogen) atoms. The van der Waals surface area contributed by atoms with Crippen LogP contribution in [-0.2, 0) is 19.3 Å². The minimum Gasteiger partial charge on any atom is -0.363 e. The topological polar surface area (TPSA) is 46.0 Å². The van der Waals surface area contributed by atoms with Crippen LogP contribution in [0.25, 0.3) is 0 Å². The number of nitrogens with one attached hydrogen (secondary N) is 1. The molecule has 1 aliphatic heterocycles. The van der Waals surface area contributed by atoms with Gasteiger partial charge in [0.2, 0.25) is 5.82 Å². The summed E-state index contributed by atoms with van der Waals surface area (Å²) in [5, 5.41) is 10.4. The normalized spacial score (nSPS) is 15.3. The molecule has 0 saturated heterocycles. The first-order valence-corrected chi connectivity index (χ1v) is 6.36. The van der Waals surface area contributed by atoms with Gasteiger partial charge in [-0.3, -0.25) is 0 Å². The molecule has 0 bridgehead atoms. The highest BCUT2D eigenvalue weighted by atomic mass is 32.1. The van der Waals surface area contributed by atoms with Crippen LogP contribution in [0.15, 0.2) is 0 Å². The Morgan fingerprint density at radius 1 is 1.37 bits per heavy atom. The number of rotatable bonds is 2. The standard InChI is InChI=1S/C10H14F3N5S/c1-2-3-14-9(19)17-4-5-18-7(6-17)15-16-8(18)10(11,12)13/h2-6H2,1H3,(H,14,19). The minimum absolute atomic E-state index is 0.186. The second-order valence-electron chi connectivity index (χ2n) is 4.24. The van der Waals surface area contributed by atoms with Crippen molar-refractivity contribution in [3.63, 3.8) is 0 Å². The number of aromatic nitrogens is 3. The van der Waals surface area contributed by atoms with Gasteiger partial charge in [0, 0.05) is 19.6 Å². The van der Waals surface area contributed by atoms with Crippen molar-refractivity contribution in [2.24, 2.45) is 0 Å². The Bertz CT molecular complexity index is 470. The summed E-state index contributed by atoms with van der Waals surface area (Å²) in [6, 6.07) is 0. The molecule has 1 aromatic rings. The Labute approximate surface area is 113 Å². The van der Waals surface area contributed by atoms with E-state index in [0.29, 0.717) is 17.5 Å². The third-order valence-electron chi connectivity index (χ3n) is 2.82. The summed E-state index contributed by atoms with van der Waals surface area (Å²) in [5.74, 6) is -0.645. The molecule has 9 heteroatoms. The molecule has 2 heterocycles. The van der Waals surface area contributed by atoms with Crippen LogP contribution in [0.3, 0.4) is 0 Å². The molecule has 5 nitrogen and oxygen atoms in total. The van der Waals surface area contributed by atoms with Gasteiger partial charge in [0.15, 0.2) is 10.9 Å². The predicted molar refractivity (Wildman–Crippen MR) is 66.3 cm³/mol. The highest BCUT2D eigenvalue weighted by Gasteiger charge is 2.39. The summed E-state index contributed by atoms with van der Waals surface area (Å²) in [6.45, 7) is 3.61. The zero-order chi connectivity index (χ0) is 14.0. The average Bonchev–Trinajstić information content (AvgIpc) is 2.78. The Morgan fingerprint density at radius 3 is 2.74 bits per heavy atom. The maximum absolute atomic E-state index is 12.7. The van der Waals surface area contributed by atoms with Crippen molar-refractivity contribution in [3.8, 4) is 0 Å². The summed E-state index contributed by atoms with van der Waals surface area (Å²) in [7, 11) is 0. The number of fused-ring (bicyclic) bond motifs is 1. The molecule has 0 radical (unpaired) electrons. The van der Waals surface area contributed by atoms with E-state index in [1.807, 2.05) is 6.92 Å². The number of thiocarbonyl (C=S) groups is 1. The van der Waals surface area contributed by atoms with Gasteiger partial charge in [0.05, 0.1) is 6.54 Å². The van der Waals surface area contributed by atoms with E-state index in [9.17, 15) is 13.2 Å². The van der Waals surface area contributed by atoms with Crippen LogP contribution in [0.2, 0.25) is 0 Å². The lowest BCUT2D eigenvalue weighted by Crippen LogP contribution is -2.44. The highest BCUT2D eigenvalue weighted by molar-refractivity contribution is 7.80. The Morgan fingerprint density at radius 2 is 2.11 bits per heavy atom. The smallest absolute Gasteiger partial charge is 0.363 e. The van der Waals surface area contributed by atoms with Gasteiger partial charge in [-0.05, 0) is 18.6 Å². The molecule has 0 fully saturated rings. The van der Waals surface area contributed by atoms with Crippen molar-refractivity contribution >= 4 is 17.3 Å². The molecule has 2 rings (SSSR count). The summed E-state index contributed by atoms with van der Waals surface area (Å²) >= 11 is 5.18. The number of alkyl halides is 3. The summed E-state index contributed by atoms with van der Waals surface area (Å²) < 4.78 is 39.1. The molecule has 106 valence electrons. The third kappa shape index (κ3) is 2.96. The van der Waals surface area contributed by atoms with Crippen LogP contribution in [-0.4, -0.2) is 37.9 Å². The maximum atomic E-state index is 12.7. The fourth-order valence-corrected chi connectivity index (χ4v) is 2.14. The quantitative estimate of drug-likeness (QED) is 0.835. The largest absolute Gasteiger partial charge is 0.451 e. The Balaban J connectivity index is 2.09. The van der Waals surface area contributed by atoms with Crippen molar-refractivity contribution < 1.29 is 13.2 Å². The van der Waals surface area contributed by atoms with Gasteiger partial charge < -0.3 is 14.8 Å². The Kier molecular flexibility index (Phi) is 3.93. The third-order valence-corrected chi connectivity index (χ3v) is 3.22. The SMILES string of the molecule is CCCNC(=S)N1CCn2c(nnc2C(F)(F)F)C1. The molecule has 0 aromatic carbocycles. The molecule has 0 saturated carbocycles. The molecule has 0 aliphatic carbocycles. The van der Waals surface area contributed by atoms with Crippen molar-refractivity contribution in [1.82, 2.24) is 25.0 Å². The van der Waals surface area contributed by atoms with E-state index in [2.05, 4.69) is 15.5 Å². The minimum atomic E-state index is -4.46. The van der Waals surface area contributed by atoms with E-state index in [-0.39, 0.29) is 13.1 Å². The fourth-order valence-electron chi connectivity index (χ4n) is 1.88. The second kappa shape index (κ2) is 5.32. The molecule has 0 unspecified atom stereocenters. The molecule has 0 atom stereocenters. The molecular weight excluding hydrogens is 279 g/mol. The Hall–Kier alpha value is -1.38. The number of hydrogen-bond donors (Lipinski definition) is 1. The van der Waals surface area contributed by atoms with Crippen molar-refractivity contribution in [1.29, 1.82) is 0 Å². The van der Waals surface area contributed by atoms with Gasteiger partial charge in [-0.25, -0.2) is 0 Å². The van der Waals surface area contributed by atoms with E-state index in [1.54, 1.807) is 4.90 Å². The van der Waals surface area contributed by atoms with Crippen molar-refractivity contribution in [2.45, 2.75) is 32.6 Å². The van der Waals surface area contributed by atoms with Gasteiger partial charge in [-0.1, -0.05) is 6.92 Å². The molecule has 0 amide bonds. The molecule has 1 aromatic heterocycles. The summed E-state index contributed by atoms with van der Waals surface area (Å²) in [6.07, 6.45) is -3.53. The van der Waals surface area contributed by atoms with E-state index in [4.69, 9.17) is 12.2 Å². The average molecular weight is 293 g/mol. The number of nitrogens with zero attached hydrogens (tertiary/aromatic N) is 4. The van der Waals surface area contributed by atoms with E-state index in [0.717, 1.165) is 17.5 Å². The summed E-state index contributed by atoms with van der Waals surface area (Å²) in [5.41, 5.74) is 0. The lowest BCUT2D eigenvalue weighted by atomic mass is 10.3. The van der Waals surface area contributed by atoms with Crippen LogP contribution < -0.4 is 5.32 Å². The van der Waals surface area contributed by atoms with Crippen LogP contribution in [0.1, 0.15) is 25.0 Å². The van der Waals surface area contributed by atoms with Crippen LogP contribution in [0, 0.1) is 0 Å². The van der Waals surface area contributed by atoms with E-state index in [1.165, 1.54) is 0 Å². The van der Waals surface area contributed by atoms with E-state index < -0.39 is 12.0 Å². The number of hydrogen-bond acceptors (Lipinski definition) is 3. The predicted octanol–water partition coefficient (Wildman–Crippen LogP) is 1.40. The fraction of sp³-hybridized carbons (Fsp3) is 0.700. The molecule has 1 aliphatic rings. The molecule has 1 N–H and O–H groups in total. The lowest BCUT2D eigenvalue weighted by Gasteiger charge is -2.30. The zero-order valence-electron chi connectivity index (χ0n) is 10.4. The zero-order valence-corrected chi connectivity index (χ0v) is 11.2. The summed E-state index contributed by atoms with van der Waals surface area (Å²) in [4.78, 5) is 1.80. The van der Waals surface area contributed by atoms with Gasteiger partial charge >= 0.3 is 6.18 Å². The van der Waals surface area contributed by atoms with Crippen molar-refractivity contribution in [2.75, 3.05) is 13.1 Å². The highest BCUT2D eigenvalue weighted by Crippen LogP contribution is 2.29. The maximum Gasteiger partial charge on any atom is 0.451 e. The first kappa shape index (κ1) is 14.0. The van der Waals surface area contributed by atoms with Crippen molar-refractivity contribution in [3.05, 3.63) is 11.6 Å². The molecular formula is C10H14F3N5S. The van der Waals surface area contributed by atoms with E-state index >= 15 is 0 Å². The molecule has 0 spiro atoms. The van der Waals surface area contributed by atoms with Crippen LogP contribution in [0.5, 0.6) is 0 Å². The van der Waals surface area contributed by atoms with Crippen LogP contribution in [0.4, 0.5) is 13.2 Å². The lowest BCUT2D eigenvalue weighted by molar-refractivity contribution is -0.147. The second-order valence-corrected chi connectivity index (χ2v) is 4.63. The van der Waals surface area contributed by atoms with Gasteiger partial charge in [0.25, 0.3) is 0 Å². The number of halogens is 3. The first-order chi connectivity index (χ1) is 8.93. The monoisotopic (exact) mass is 293 g/mol. The first-order valence-electron chi connectivity index (χ1n) is 5.95. The van der Waals surface area contributed by atoms with Gasteiger partial charge in [-0.15, -0.1) is 10.2 Å². The van der Waals surface area contributed by atoms with Crippen LogP contribution >= 0.6 is 12.2 Å².